The molecule has 2 aromatic rings. The average Bonchev–Trinajstić information content (AvgIpc) is 3.19. The summed E-state index contributed by atoms with van der Waals surface area (Å²) in [5.74, 6) is -0.501. The minimum Gasteiger partial charge on any atom is -0.370 e. The Morgan fingerprint density at radius 3 is 2.88 bits per heavy atom. The number of aromatic nitrogens is 3. The summed E-state index contributed by atoms with van der Waals surface area (Å²) in [6, 6.07) is 6.79. The van der Waals surface area contributed by atoms with Crippen molar-refractivity contribution in [2.75, 3.05) is 32.8 Å². The zero-order valence-corrected chi connectivity index (χ0v) is 14.5. The number of carbonyl (C=O) groups is 1. The molecule has 1 aromatic carbocycles. The molecule has 8 heteroatoms. The predicted octanol–water partition coefficient (Wildman–Crippen LogP) is 1.56. The van der Waals surface area contributed by atoms with Crippen LogP contribution in [0.2, 0.25) is 0 Å². The molecule has 0 bridgehead atoms. The Labute approximate surface area is 151 Å². The van der Waals surface area contributed by atoms with Gasteiger partial charge in [-0.1, -0.05) is 23.4 Å². The SMILES string of the molecule is O=C(c1cn(C2CCNCC2)nn1)N1CCO[C@@H](c2ccccc2F)C1. The lowest BCUT2D eigenvalue weighted by molar-refractivity contribution is -0.0245. The number of halogens is 1. The molecule has 1 amide bonds. The fourth-order valence-electron chi connectivity index (χ4n) is 3.54. The van der Waals surface area contributed by atoms with Crippen LogP contribution in [0.15, 0.2) is 30.5 Å². The molecule has 2 saturated heterocycles. The van der Waals surface area contributed by atoms with Gasteiger partial charge in [0.25, 0.3) is 5.91 Å². The quantitative estimate of drug-likeness (QED) is 0.900. The van der Waals surface area contributed by atoms with Crippen molar-refractivity contribution in [3.63, 3.8) is 0 Å². The number of hydrogen-bond acceptors (Lipinski definition) is 5. The fraction of sp³-hybridized carbons (Fsp3) is 0.500. The molecule has 0 spiro atoms. The number of nitrogens with zero attached hydrogens (tertiary/aromatic N) is 4. The Hall–Kier alpha value is -2.32. The van der Waals surface area contributed by atoms with Gasteiger partial charge in [-0.05, 0) is 32.0 Å². The van der Waals surface area contributed by atoms with Gasteiger partial charge in [-0.25, -0.2) is 9.07 Å². The molecule has 2 aliphatic rings. The highest BCUT2D eigenvalue weighted by atomic mass is 19.1. The maximum atomic E-state index is 14.0. The minimum atomic E-state index is -0.464. The lowest BCUT2D eigenvalue weighted by atomic mass is 10.1. The number of piperidine rings is 1. The standard InChI is InChI=1S/C18H22FN5O2/c19-15-4-2-1-3-14(15)17-12-23(9-10-26-17)18(25)16-11-24(22-21-16)13-5-7-20-8-6-13/h1-4,11,13,17,20H,5-10,12H2/t17-/m1/s1. The molecular formula is C18H22FN5O2. The number of ether oxygens (including phenoxy) is 1. The molecule has 2 fully saturated rings. The molecule has 0 aliphatic carbocycles. The van der Waals surface area contributed by atoms with E-state index in [4.69, 9.17) is 4.74 Å². The van der Waals surface area contributed by atoms with E-state index in [0.717, 1.165) is 25.9 Å². The van der Waals surface area contributed by atoms with Crippen LogP contribution in [0.25, 0.3) is 0 Å². The monoisotopic (exact) mass is 359 g/mol. The van der Waals surface area contributed by atoms with Crippen molar-refractivity contribution in [1.29, 1.82) is 0 Å². The van der Waals surface area contributed by atoms with Gasteiger partial charge in [0.15, 0.2) is 5.69 Å². The van der Waals surface area contributed by atoms with Gasteiger partial charge in [-0.15, -0.1) is 5.10 Å². The molecule has 3 heterocycles. The van der Waals surface area contributed by atoms with Crippen LogP contribution in [0.5, 0.6) is 0 Å². The first-order chi connectivity index (χ1) is 12.7. The second kappa shape index (κ2) is 7.51. The maximum Gasteiger partial charge on any atom is 0.276 e. The van der Waals surface area contributed by atoms with Gasteiger partial charge in [-0.3, -0.25) is 4.79 Å². The van der Waals surface area contributed by atoms with Crippen LogP contribution in [0.4, 0.5) is 4.39 Å². The summed E-state index contributed by atoms with van der Waals surface area (Å²) >= 11 is 0. The van der Waals surface area contributed by atoms with Crippen LogP contribution in [-0.2, 0) is 4.74 Å². The van der Waals surface area contributed by atoms with E-state index in [1.165, 1.54) is 6.07 Å². The first-order valence-electron chi connectivity index (χ1n) is 9.00. The number of morpholine rings is 1. The van der Waals surface area contributed by atoms with E-state index in [0.29, 0.717) is 31.0 Å². The summed E-state index contributed by atoms with van der Waals surface area (Å²) in [6.45, 7) is 3.03. The predicted molar refractivity (Wildman–Crippen MR) is 92.2 cm³/mol. The summed E-state index contributed by atoms with van der Waals surface area (Å²) < 4.78 is 21.5. The highest BCUT2D eigenvalue weighted by Crippen LogP contribution is 2.25. The van der Waals surface area contributed by atoms with Gasteiger partial charge in [0.2, 0.25) is 0 Å². The second-order valence-corrected chi connectivity index (χ2v) is 6.70. The smallest absolute Gasteiger partial charge is 0.276 e. The molecule has 4 rings (SSSR count). The van der Waals surface area contributed by atoms with E-state index in [9.17, 15) is 9.18 Å². The van der Waals surface area contributed by atoms with Crippen LogP contribution in [0.1, 0.15) is 41.0 Å². The van der Waals surface area contributed by atoms with Crippen molar-refractivity contribution >= 4 is 5.91 Å². The third-order valence-electron chi connectivity index (χ3n) is 5.02. The normalized spacial score (nSPS) is 21.7. The molecule has 1 aromatic heterocycles. The van der Waals surface area contributed by atoms with E-state index >= 15 is 0 Å². The van der Waals surface area contributed by atoms with Crippen molar-refractivity contribution in [1.82, 2.24) is 25.2 Å². The highest BCUT2D eigenvalue weighted by Gasteiger charge is 2.29. The van der Waals surface area contributed by atoms with E-state index in [1.807, 2.05) is 0 Å². The van der Waals surface area contributed by atoms with Gasteiger partial charge in [0, 0.05) is 12.1 Å². The molecule has 1 atom stereocenters. The molecule has 138 valence electrons. The number of amides is 1. The fourth-order valence-corrected chi connectivity index (χ4v) is 3.54. The van der Waals surface area contributed by atoms with E-state index in [2.05, 4.69) is 15.6 Å². The summed E-state index contributed by atoms with van der Waals surface area (Å²) in [4.78, 5) is 14.5. The number of nitrogens with one attached hydrogen (secondary N) is 1. The van der Waals surface area contributed by atoms with Crippen LogP contribution in [0, 0.1) is 5.82 Å². The largest absolute Gasteiger partial charge is 0.370 e. The van der Waals surface area contributed by atoms with Crippen LogP contribution in [0.3, 0.4) is 0 Å². The number of benzene rings is 1. The zero-order chi connectivity index (χ0) is 17.9. The van der Waals surface area contributed by atoms with Gasteiger partial charge in [0.1, 0.15) is 11.9 Å². The Kier molecular flexibility index (Phi) is 4.94. The summed E-state index contributed by atoms with van der Waals surface area (Å²) in [6.07, 6.45) is 3.22. The molecule has 0 radical (unpaired) electrons. The Balaban J connectivity index is 1.46. The minimum absolute atomic E-state index is 0.185. The van der Waals surface area contributed by atoms with Crippen LogP contribution in [-0.4, -0.2) is 58.6 Å². The molecule has 0 unspecified atom stereocenters. The Morgan fingerprint density at radius 1 is 1.27 bits per heavy atom. The summed E-state index contributed by atoms with van der Waals surface area (Å²) in [5, 5.41) is 11.5. The second-order valence-electron chi connectivity index (χ2n) is 6.70. The topological polar surface area (TPSA) is 72.3 Å². The number of rotatable bonds is 3. The molecule has 2 aliphatic heterocycles. The lowest BCUT2D eigenvalue weighted by Gasteiger charge is -2.32. The molecule has 26 heavy (non-hydrogen) atoms. The van der Waals surface area contributed by atoms with Gasteiger partial charge >= 0.3 is 0 Å². The lowest BCUT2D eigenvalue weighted by Crippen LogP contribution is -2.42. The molecular weight excluding hydrogens is 337 g/mol. The number of hydrogen-bond donors (Lipinski definition) is 1. The molecule has 0 saturated carbocycles. The van der Waals surface area contributed by atoms with Crippen molar-refractivity contribution in [3.05, 3.63) is 47.5 Å². The Bertz CT molecular complexity index is 774. The van der Waals surface area contributed by atoms with Crippen LogP contribution < -0.4 is 5.32 Å². The molecule has 7 nitrogen and oxygen atoms in total. The maximum absolute atomic E-state index is 14.0. The van der Waals surface area contributed by atoms with Gasteiger partial charge in [-0.2, -0.15) is 0 Å². The summed E-state index contributed by atoms with van der Waals surface area (Å²) in [5.41, 5.74) is 0.807. The van der Waals surface area contributed by atoms with E-state index in [1.54, 1.807) is 34.0 Å². The first-order valence-corrected chi connectivity index (χ1v) is 9.00. The van der Waals surface area contributed by atoms with Crippen molar-refractivity contribution in [3.8, 4) is 0 Å². The first kappa shape index (κ1) is 17.1. The summed E-state index contributed by atoms with van der Waals surface area (Å²) in [7, 11) is 0. The van der Waals surface area contributed by atoms with E-state index in [-0.39, 0.29) is 17.8 Å². The third kappa shape index (κ3) is 3.47. The van der Waals surface area contributed by atoms with E-state index < -0.39 is 6.10 Å². The van der Waals surface area contributed by atoms with Crippen LogP contribution >= 0.6 is 0 Å². The third-order valence-corrected chi connectivity index (χ3v) is 5.02. The van der Waals surface area contributed by atoms with Crippen molar-refractivity contribution in [2.45, 2.75) is 25.0 Å². The molecule has 1 N–H and O–H groups in total. The Morgan fingerprint density at radius 2 is 2.08 bits per heavy atom. The highest BCUT2D eigenvalue weighted by molar-refractivity contribution is 5.92. The zero-order valence-electron chi connectivity index (χ0n) is 14.5. The number of carbonyl (C=O) groups excluding carboxylic acids is 1. The van der Waals surface area contributed by atoms with Gasteiger partial charge < -0.3 is 15.0 Å². The van der Waals surface area contributed by atoms with Crippen molar-refractivity contribution < 1.29 is 13.9 Å². The average molecular weight is 359 g/mol. The van der Waals surface area contributed by atoms with Crippen molar-refractivity contribution in [2.24, 2.45) is 0 Å². The van der Waals surface area contributed by atoms with Gasteiger partial charge in [0.05, 0.1) is 25.4 Å².